The van der Waals surface area contributed by atoms with Gasteiger partial charge in [0.1, 0.15) is 11.3 Å². The van der Waals surface area contributed by atoms with E-state index in [0.29, 0.717) is 17.1 Å². The van der Waals surface area contributed by atoms with Gasteiger partial charge in [-0.3, -0.25) is 0 Å². The van der Waals surface area contributed by atoms with Crippen molar-refractivity contribution < 1.29 is 10.2 Å². The Labute approximate surface area is 155 Å². The number of para-hydroxylation sites is 1. The Morgan fingerprint density at radius 1 is 1.35 bits per heavy atom. The molecule has 2 heterocycles. The molecule has 5 nitrogen and oxygen atoms in total. The maximum Gasteiger partial charge on any atom is 0.181 e. The number of hydrogen-bond acceptors (Lipinski definition) is 6. The maximum absolute atomic E-state index is 10.0. The van der Waals surface area contributed by atoms with E-state index in [1.165, 1.54) is 22.5 Å². The molecule has 0 radical (unpaired) electrons. The number of phenolic OH excluding ortho intramolecular Hbond substituents is 1. The van der Waals surface area contributed by atoms with Gasteiger partial charge < -0.3 is 21.3 Å². The van der Waals surface area contributed by atoms with Crippen LogP contribution in [-0.2, 0) is 12.8 Å². The third-order valence-corrected chi connectivity index (χ3v) is 5.35. The lowest BCUT2D eigenvalue weighted by atomic mass is 10.0. The standard InChI is InChI=1S/C20H19N3O2S/c21-20-23-19-16(25)8-12(9-17(19)26-20)4-1-2-5-13-6-3-7-14-10-15(11-24)22-18(13)14/h3,6-9,15,22,24-25H,2,5,10-11H2,(H2,21,23). The number of hydrogen-bond donors (Lipinski definition) is 4. The van der Waals surface area contributed by atoms with Crippen LogP contribution >= 0.6 is 11.3 Å². The van der Waals surface area contributed by atoms with Crippen LogP contribution in [0.3, 0.4) is 0 Å². The highest BCUT2D eigenvalue weighted by Crippen LogP contribution is 2.32. The third-order valence-electron chi connectivity index (χ3n) is 4.52. The number of benzene rings is 2. The Kier molecular flexibility index (Phi) is 4.41. The van der Waals surface area contributed by atoms with Gasteiger partial charge in [-0.25, -0.2) is 4.98 Å². The highest BCUT2D eigenvalue weighted by atomic mass is 32.1. The molecule has 1 aliphatic heterocycles. The van der Waals surface area contributed by atoms with E-state index in [9.17, 15) is 10.2 Å². The van der Waals surface area contributed by atoms with Gasteiger partial charge in [-0.2, -0.15) is 0 Å². The van der Waals surface area contributed by atoms with Crippen molar-refractivity contribution in [1.82, 2.24) is 4.98 Å². The van der Waals surface area contributed by atoms with E-state index >= 15 is 0 Å². The molecule has 4 rings (SSSR count). The zero-order valence-corrected chi connectivity index (χ0v) is 14.9. The van der Waals surface area contributed by atoms with Gasteiger partial charge >= 0.3 is 0 Å². The number of anilines is 2. The van der Waals surface area contributed by atoms with Crippen LogP contribution in [-0.4, -0.2) is 27.8 Å². The highest BCUT2D eigenvalue weighted by molar-refractivity contribution is 7.22. The lowest BCUT2D eigenvalue weighted by molar-refractivity contribution is 0.277. The van der Waals surface area contributed by atoms with Gasteiger partial charge in [-0.15, -0.1) is 0 Å². The largest absolute Gasteiger partial charge is 0.506 e. The Balaban J connectivity index is 1.48. The number of phenols is 1. The first kappa shape index (κ1) is 16.7. The Bertz CT molecular complexity index is 1030. The van der Waals surface area contributed by atoms with E-state index in [1.807, 2.05) is 6.07 Å². The molecule has 0 spiro atoms. The maximum atomic E-state index is 10.0. The molecule has 3 aromatic rings. The average molecular weight is 365 g/mol. The molecule has 6 heteroatoms. The van der Waals surface area contributed by atoms with E-state index in [2.05, 4.69) is 40.3 Å². The Hall–Kier alpha value is -2.75. The summed E-state index contributed by atoms with van der Waals surface area (Å²) in [6.07, 6.45) is 2.41. The number of thiazole rings is 1. The van der Waals surface area contributed by atoms with Crippen LogP contribution in [0.1, 0.15) is 23.1 Å². The molecule has 1 atom stereocenters. The van der Waals surface area contributed by atoms with Crippen LogP contribution in [0.2, 0.25) is 0 Å². The molecule has 0 aliphatic carbocycles. The first-order valence-corrected chi connectivity index (χ1v) is 9.32. The topological polar surface area (TPSA) is 91.4 Å². The van der Waals surface area contributed by atoms with E-state index in [1.54, 1.807) is 6.07 Å². The quantitative estimate of drug-likeness (QED) is 0.536. The number of nitrogens with one attached hydrogen (secondary N) is 1. The second kappa shape index (κ2) is 6.87. The van der Waals surface area contributed by atoms with E-state index in [-0.39, 0.29) is 18.4 Å². The summed E-state index contributed by atoms with van der Waals surface area (Å²) in [5, 5.41) is 23.2. The van der Waals surface area contributed by atoms with Crippen LogP contribution in [0.5, 0.6) is 5.75 Å². The minimum absolute atomic E-state index is 0.110. The van der Waals surface area contributed by atoms with Crippen molar-refractivity contribution >= 4 is 32.4 Å². The van der Waals surface area contributed by atoms with Crippen molar-refractivity contribution in [3.8, 4) is 17.6 Å². The molecule has 1 aromatic heterocycles. The lowest BCUT2D eigenvalue weighted by Crippen LogP contribution is -2.19. The van der Waals surface area contributed by atoms with E-state index in [0.717, 1.165) is 28.8 Å². The van der Waals surface area contributed by atoms with Crippen molar-refractivity contribution in [3.63, 3.8) is 0 Å². The van der Waals surface area contributed by atoms with Gasteiger partial charge in [-0.1, -0.05) is 41.4 Å². The second-order valence-electron chi connectivity index (χ2n) is 6.38. The first-order valence-electron chi connectivity index (χ1n) is 8.50. The highest BCUT2D eigenvalue weighted by Gasteiger charge is 2.21. The number of rotatable bonds is 3. The fourth-order valence-corrected chi connectivity index (χ4v) is 4.11. The summed E-state index contributed by atoms with van der Waals surface area (Å²) in [6.45, 7) is 0.141. The third kappa shape index (κ3) is 3.19. The van der Waals surface area contributed by atoms with Crippen molar-refractivity contribution in [3.05, 3.63) is 47.0 Å². The van der Waals surface area contributed by atoms with Gasteiger partial charge in [-0.05, 0) is 36.1 Å². The predicted molar refractivity (Wildman–Crippen MR) is 106 cm³/mol. The molecule has 0 amide bonds. The summed E-state index contributed by atoms with van der Waals surface area (Å²) >= 11 is 1.34. The number of aromatic nitrogens is 1. The summed E-state index contributed by atoms with van der Waals surface area (Å²) in [5.74, 6) is 6.40. The van der Waals surface area contributed by atoms with Crippen molar-refractivity contribution in [2.24, 2.45) is 0 Å². The van der Waals surface area contributed by atoms with Gasteiger partial charge in [0.2, 0.25) is 0 Å². The molecule has 0 fully saturated rings. The normalized spacial score (nSPS) is 15.3. The summed E-state index contributed by atoms with van der Waals surface area (Å²) in [5.41, 5.74) is 10.6. The fourth-order valence-electron chi connectivity index (χ4n) is 3.31. The Morgan fingerprint density at radius 3 is 3.08 bits per heavy atom. The smallest absolute Gasteiger partial charge is 0.181 e. The number of nitrogens with two attached hydrogens (primary N) is 1. The molecule has 1 aliphatic rings. The summed E-state index contributed by atoms with van der Waals surface area (Å²) in [4.78, 5) is 4.11. The van der Waals surface area contributed by atoms with Crippen LogP contribution in [0.4, 0.5) is 10.8 Å². The lowest BCUT2D eigenvalue weighted by Gasteiger charge is -2.09. The summed E-state index contributed by atoms with van der Waals surface area (Å²) < 4.78 is 0.840. The number of nitrogens with zero attached hydrogens (tertiary/aromatic N) is 1. The van der Waals surface area contributed by atoms with Crippen LogP contribution in [0, 0.1) is 11.8 Å². The molecule has 0 bridgehead atoms. The molecular formula is C20H19N3O2S. The van der Waals surface area contributed by atoms with Crippen molar-refractivity contribution in [1.29, 1.82) is 0 Å². The van der Waals surface area contributed by atoms with Crippen molar-refractivity contribution in [2.75, 3.05) is 17.7 Å². The number of nitrogen functional groups attached to an aromatic ring is 1. The van der Waals surface area contributed by atoms with Gasteiger partial charge in [0.15, 0.2) is 5.13 Å². The molecule has 2 aromatic carbocycles. The molecule has 132 valence electrons. The van der Waals surface area contributed by atoms with Gasteiger partial charge in [0.05, 0.1) is 17.3 Å². The minimum Gasteiger partial charge on any atom is -0.506 e. The number of aromatic hydroxyl groups is 1. The van der Waals surface area contributed by atoms with Crippen LogP contribution in [0.15, 0.2) is 30.3 Å². The second-order valence-corrected chi connectivity index (χ2v) is 7.44. The first-order chi connectivity index (χ1) is 12.6. The summed E-state index contributed by atoms with van der Waals surface area (Å²) in [6, 6.07) is 9.91. The average Bonchev–Trinajstić information content (AvgIpc) is 3.21. The SMILES string of the molecule is Nc1nc2c(O)cc(C#CCCc3cccc4c3NC(CO)C4)cc2s1. The molecule has 1 unspecified atom stereocenters. The van der Waals surface area contributed by atoms with Crippen molar-refractivity contribution in [2.45, 2.75) is 25.3 Å². The molecule has 26 heavy (non-hydrogen) atoms. The molecule has 0 saturated heterocycles. The molecular weight excluding hydrogens is 346 g/mol. The number of aliphatic hydroxyl groups is 1. The molecule has 0 saturated carbocycles. The Morgan fingerprint density at radius 2 is 2.23 bits per heavy atom. The van der Waals surface area contributed by atoms with E-state index in [4.69, 9.17) is 5.73 Å². The number of fused-ring (bicyclic) bond motifs is 2. The fraction of sp³-hybridized carbons (Fsp3) is 0.250. The van der Waals surface area contributed by atoms with Gasteiger partial charge in [0, 0.05) is 17.7 Å². The predicted octanol–water partition coefficient (Wildman–Crippen LogP) is 2.90. The number of aliphatic hydroxyl groups excluding tert-OH is 1. The monoisotopic (exact) mass is 365 g/mol. The van der Waals surface area contributed by atoms with Gasteiger partial charge in [0.25, 0.3) is 0 Å². The van der Waals surface area contributed by atoms with Crippen LogP contribution < -0.4 is 11.1 Å². The van der Waals surface area contributed by atoms with Crippen LogP contribution in [0.25, 0.3) is 10.2 Å². The zero-order chi connectivity index (χ0) is 18.1. The summed E-state index contributed by atoms with van der Waals surface area (Å²) in [7, 11) is 0. The zero-order valence-electron chi connectivity index (χ0n) is 14.1. The van der Waals surface area contributed by atoms with E-state index < -0.39 is 0 Å². The number of aryl methyl sites for hydroxylation is 1. The minimum atomic E-state index is 0.110. The molecule has 5 N–H and O–H groups in total.